The minimum Gasteiger partial charge on any atom is -0.395 e. The molecule has 0 saturated carbocycles. The molecule has 0 saturated heterocycles. The largest absolute Gasteiger partial charge is 0.395 e. The fraction of sp³-hybridized carbons (Fsp3) is 0.800. The maximum atomic E-state index is 10.7. The number of hydrogen-bond acceptors (Lipinski definition) is 4. The van der Waals surface area contributed by atoms with Gasteiger partial charge in [-0.15, -0.1) is 0 Å². The van der Waals surface area contributed by atoms with E-state index in [1.54, 1.807) is 0 Å². The van der Waals surface area contributed by atoms with Gasteiger partial charge < -0.3 is 9.90 Å². The van der Waals surface area contributed by atoms with Crippen LogP contribution >= 0.6 is 0 Å². The molecule has 0 aliphatic rings. The van der Waals surface area contributed by atoms with Crippen LogP contribution in [0.15, 0.2) is 0 Å². The SMILES string of the molecule is O=CCCS(=O)(=O)CCO. The first-order chi connectivity index (χ1) is 4.62. The standard InChI is InChI=1S/C5H10O4S/c6-2-1-4-10(8,9)5-3-7/h2,7H,1,3-5H2. The Labute approximate surface area is 59.8 Å². The van der Waals surface area contributed by atoms with Gasteiger partial charge in [-0.2, -0.15) is 0 Å². The molecule has 0 aliphatic heterocycles. The second-order valence-corrected chi connectivity index (χ2v) is 4.13. The minimum absolute atomic E-state index is 0.0162. The van der Waals surface area contributed by atoms with Gasteiger partial charge in [0.15, 0.2) is 9.84 Å². The van der Waals surface area contributed by atoms with Gasteiger partial charge in [-0.3, -0.25) is 0 Å². The molecule has 0 aromatic rings. The maximum absolute atomic E-state index is 10.7. The van der Waals surface area contributed by atoms with Gasteiger partial charge in [-0.05, 0) is 0 Å². The average Bonchev–Trinajstić information content (AvgIpc) is 1.84. The van der Waals surface area contributed by atoms with Crippen LogP contribution in [-0.2, 0) is 14.6 Å². The van der Waals surface area contributed by atoms with Gasteiger partial charge in [-0.1, -0.05) is 0 Å². The molecule has 60 valence electrons. The first kappa shape index (κ1) is 9.58. The summed E-state index contributed by atoms with van der Waals surface area (Å²) in [6, 6.07) is 0. The fourth-order valence-corrected chi connectivity index (χ4v) is 1.41. The van der Waals surface area contributed by atoms with Gasteiger partial charge >= 0.3 is 0 Å². The van der Waals surface area contributed by atoms with E-state index in [0.717, 1.165) is 0 Å². The molecule has 0 unspecified atom stereocenters. The molecule has 0 aliphatic carbocycles. The van der Waals surface area contributed by atoms with Gasteiger partial charge in [0.2, 0.25) is 0 Å². The summed E-state index contributed by atoms with van der Waals surface area (Å²) < 4.78 is 21.3. The van der Waals surface area contributed by atoms with Crippen LogP contribution < -0.4 is 0 Å². The summed E-state index contributed by atoms with van der Waals surface area (Å²) >= 11 is 0. The van der Waals surface area contributed by atoms with Gasteiger partial charge in [0.05, 0.1) is 18.1 Å². The lowest BCUT2D eigenvalue weighted by Gasteiger charge is -1.96. The molecule has 5 heteroatoms. The van der Waals surface area contributed by atoms with Crippen LogP contribution in [0.5, 0.6) is 0 Å². The van der Waals surface area contributed by atoms with Crippen LogP contribution in [0.3, 0.4) is 0 Å². The number of carbonyl (C=O) groups excluding carboxylic acids is 1. The molecule has 0 fully saturated rings. The van der Waals surface area contributed by atoms with Gasteiger partial charge in [0.25, 0.3) is 0 Å². The van der Waals surface area contributed by atoms with Crippen LogP contribution in [0.25, 0.3) is 0 Å². The Bertz CT molecular complexity index is 182. The predicted molar refractivity (Wildman–Crippen MR) is 36.4 cm³/mol. The number of hydrogen-bond donors (Lipinski definition) is 1. The molecule has 1 N–H and O–H groups in total. The zero-order valence-corrected chi connectivity index (χ0v) is 6.30. The van der Waals surface area contributed by atoms with Crippen molar-refractivity contribution in [3.8, 4) is 0 Å². The summed E-state index contributed by atoms with van der Waals surface area (Å²) in [7, 11) is -3.18. The van der Waals surface area contributed by atoms with E-state index in [2.05, 4.69) is 0 Å². The third-order valence-electron chi connectivity index (χ3n) is 0.949. The Hall–Kier alpha value is -0.420. The summed E-state index contributed by atoms with van der Waals surface area (Å²) in [5.41, 5.74) is 0. The van der Waals surface area contributed by atoms with Crippen molar-refractivity contribution in [3.05, 3.63) is 0 Å². The lowest BCUT2D eigenvalue weighted by molar-refractivity contribution is -0.107. The summed E-state index contributed by atoms with van der Waals surface area (Å²) in [4.78, 5) is 9.73. The van der Waals surface area contributed by atoms with Gasteiger partial charge in [0, 0.05) is 6.42 Å². The molecule has 0 aromatic carbocycles. The van der Waals surface area contributed by atoms with Crippen LogP contribution in [0.2, 0.25) is 0 Å². The number of aliphatic hydroxyl groups is 1. The van der Waals surface area contributed by atoms with Crippen molar-refractivity contribution < 1.29 is 18.3 Å². The fourth-order valence-electron chi connectivity index (χ4n) is 0.469. The van der Waals surface area contributed by atoms with E-state index in [0.29, 0.717) is 6.29 Å². The van der Waals surface area contributed by atoms with Gasteiger partial charge in [0.1, 0.15) is 6.29 Å². The third kappa shape index (κ3) is 4.46. The molecule has 0 amide bonds. The van der Waals surface area contributed by atoms with Gasteiger partial charge in [-0.25, -0.2) is 8.42 Å². The number of rotatable bonds is 5. The molecule has 10 heavy (non-hydrogen) atoms. The maximum Gasteiger partial charge on any atom is 0.152 e. The van der Waals surface area contributed by atoms with E-state index < -0.39 is 9.84 Å². The van der Waals surface area contributed by atoms with Crippen LogP contribution in [0, 0.1) is 0 Å². The molecular formula is C5H10O4S. The number of aliphatic hydroxyl groups excluding tert-OH is 1. The van der Waals surface area contributed by atoms with Crippen molar-refractivity contribution in [2.24, 2.45) is 0 Å². The molecule has 4 nitrogen and oxygen atoms in total. The Balaban J connectivity index is 3.76. The normalized spacial score (nSPS) is 11.3. The quantitative estimate of drug-likeness (QED) is 0.531. The summed E-state index contributed by atoms with van der Waals surface area (Å²) in [6.45, 7) is -0.374. The van der Waals surface area contributed by atoms with Crippen molar-refractivity contribution in [1.29, 1.82) is 0 Å². The molecule has 0 aromatic heterocycles. The molecule has 0 radical (unpaired) electrons. The van der Waals surface area contributed by atoms with E-state index >= 15 is 0 Å². The molecule has 0 spiro atoms. The number of aldehydes is 1. The van der Waals surface area contributed by atoms with Crippen molar-refractivity contribution in [2.75, 3.05) is 18.1 Å². The Morgan fingerprint density at radius 1 is 1.30 bits per heavy atom. The second-order valence-electron chi connectivity index (χ2n) is 1.83. The summed E-state index contributed by atoms with van der Waals surface area (Å²) in [5.74, 6) is -0.405. The Kier molecular flexibility index (Phi) is 4.22. The van der Waals surface area contributed by atoms with Crippen molar-refractivity contribution in [3.63, 3.8) is 0 Å². The zero-order valence-electron chi connectivity index (χ0n) is 5.49. The highest BCUT2D eigenvalue weighted by Gasteiger charge is 2.07. The Morgan fingerprint density at radius 3 is 2.30 bits per heavy atom. The second kappa shape index (κ2) is 4.40. The monoisotopic (exact) mass is 166 g/mol. The molecule has 0 atom stereocenters. The summed E-state index contributed by atoms with van der Waals surface area (Å²) in [6.07, 6.45) is 0.567. The number of sulfone groups is 1. The lowest BCUT2D eigenvalue weighted by Crippen LogP contribution is -2.13. The first-order valence-corrected chi connectivity index (χ1v) is 4.69. The number of carbonyl (C=O) groups is 1. The highest BCUT2D eigenvalue weighted by Crippen LogP contribution is 1.90. The van der Waals surface area contributed by atoms with Crippen LogP contribution in [0.1, 0.15) is 6.42 Å². The molecule has 0 heterocycles. The van der Waals surface area contributed by atoms with Crippen LogP contribution in [0.4, 0.5) is 0 Å². The van der Waals surface area contributed by atoms with Crippen molar-refractivity contribution >= 4 is 16.1 Å². The van der Waals surface area contributed by atoms with Crippen LogP contribution in [-0.4, -0.2) is 37.9 Å². The topological polar surface area (TPSA) is 71.4 Å². The van der Waals surface area contributed by atoms with E-state index in [1.807, 2.05) is 0 Å². The zero-order chi connectivity index (χ0) is 8.04. The Morgan fingerprint density at radius 2 is 1.90 bits per heavy atom. The smallest absolute Gasteiger partial charge is 0.152 e. The van der Waals surface area contributed by atoms with Crippen molar-refractivity contribution in [2.45, 2.75) is 6.42 Å². The predicted octanol–water partition coefficient (Wildman–Crippen LogP) is -1.02. The van der Waals surface area contributed by atoms with E-state index in [-0.39, 0.29) is 24.5 Å². The summed E-state index contributed by atoms with van der Waals surface area (Å²) in [5, 5.41) is 8.23. The van der Waals surface area contributed by atoms with E-state index in [9.17, 15) is 13.2 Å². The third-order valence-corrected chi connectivity index (χ3v) is 2.61. The van der Waals surface area contributed by atoms with E-state index in [4.69, 9.17) is 5.11 Å². The average molecular weight is 166 g/mol. The molecular weight excluding hydrogens is 156 g/mol. The minimum atomic E-state index is -3.18. The van der Waals surface area contributed by atoms with E-state index in [1.165, 1.54) is 0 Å². The highest BCUT2D eigenvalue weighted by atomic mass is 32.2. The highest BCUT2D eigenvalue weighted by molar-refractivity contribution is 7.91. The lowest BCUT2D eigenvalue weighted by atomic mass is 10.6. The molecule has 0 bridgehead atoms. The molecule has 0 rings (SSSR count). The first-order valence-electron chi connectivity index (χ1n) is 2.87. The van der Waals surface area contributed by atoms with Crippen molar-refractivity contribution in [1.82, 2.24) is 0 Å².